The Kier molecular flexibility index (Phi) is 3.35. The number of aldehydes is 1. The minimum absolute atomic E-state index is 0.321. The normalized spacial score (nSPS) is 10.0. The van der Waals surface area contributed by atoms with Crippen molar-refractivity contribution in [2.75, 3.05) is 7.11 Å². The third-order valence-electron chi connectivity index (χ3n) is 2.26. The van der Waals surface area contributed by atoms with Crippen LogP contribution in [0.15, 0.2) is 30.6 Å². The Labute approximate surface area is 103 Å². The maximum atomic E-state index is 10.6. The van der Waals surface area contributed by atoms with Crippen molar-refractivity contribution in [3.63, 3.8) is 0 Å². The van der Waals surface area contributed by atoms with Crippen LogP contribution in [0.2, 0.25) is 5.02 Å². The molecule has 0 aliphatic rings. The summed E-state index contributed by atoms with van der Waals surface area (Å²) in [5, 5.41) is 0.514. The molecule has 0 unspecified atom stereocenters. The van der Waals surface area contributed by atoms with E-state index in [-0.39, 0.29) is 0 Å². The summed E-state index contributed by atoms with van der Waals surface area (Å²) in [4.78, 5) is 18.5. The summed E-state index contributed by atoms with van der Waals surface area (Å²) in [6.07, 6.45) is 2.00. The van der Waals surface area contributed by atoms with Gasteiger partial charge in [0.1, 0.15) is 17.8 Å². The zero-order valence-corrected chi connectivity index (χ0v) is 9.81. The molecule has 5 heteroatoms. The molecular weight excluding hydrogens is 240 g/mol. The summed E-state index contributed by atoms with van der Waals surface area (Å²) in [6, 6.07) is 6.85. The molecule has 4 nitrogen and oxygen atoms in total. The van der Waals surface area contributed by atoms with Crippen molar-refractivity contribution >= 4 is 17.9 Å². The SMILES string of the molecule is COc1ccc(-c2cc(C=O)ncn2)c(Cl)c1. The van der Waals surface area contributed by atoms with Gasteiger partial charge in [-0.25, -0.2) is 9.97 Å². The van der Waals surface area contributed by atoms with E-state index in [1.165, 1.54) is 6.33 Å². The van der Waals surface area contributed by atoms with Crippen LogP contribution in [0, 0.1) is 0 Å². The first kappa shape index (κ1) is 11.5. The van der Waals surface area contributed by atoms with E-state index in [4.69, 9.17) is 16.3 Å². The first-order valence-corrected chi connectivity index (χ1v) is 5.23. The maximum absolute atomic E-state index is 10.6. The Bertz CT molecular complexity index is 558. The lowest BCUT2D eigenvalue weighted by Gasteiger charge is -2.06. The van der Waals surface area contributed by atoms with E-state index < -0.39 is 0 Å². The number of halogens is 1. The van der Waals surface area contributed by atoms with Crippen LogP contribution in [0.5, 0.6) is 5.75 Å². The van der Waals surface area contributed by atoms with Gasteiger partial charge in [0.2, 0.25) is 0 Å². The van der Waals surface area contributed by atoms with Crippen molar-refractivity contribution in [1.29, 1.82) is 0 Å². The Hall–Kier alpha value is -1.94. The highest BCUT2D eigenvalue weighted by molar-refractivity contribution is 6.33. The molecule has 17 heavy (non-hydrogen) atoms. The number of rotatable bonds is 3. The Morgan fingerprint density at radius 2 is 2.12 bits per heavy atom. The van der Waals surface area contributed by atoms with Gasteiger partial charge in [-0.1, -0.05) is 11.6 Å². The average molecular weight is 249 g/mol. The summed E-state index contributed by atoms with van der Waals surface area (Å²) < 4.78 is 5.06. The number of ether oxygens (including phenoxy) is 1. The van der Waals surface area contributed by atoms with Crippen LogP contribution < -0.4 is 4.74 Å². The minimum atomic E-state index is 0.321. The fourth-order valence-electron chi connectivity index (χ4n) is 1.41. The van der Waals surface area contributed by atoms with Crippen molar-refractivity contribution in [2.45, 2.75) is 0 Å². The highest BCUT2D eigenvalue weighted by Crippen LogP contribution is 2.29. The van der Waals surface area contributed by atoms with E-state index >= 15 is 0 Å². The summed E-state index contributed by atoms with van der Waals surface area (Å²) >= 11 is 6.11. The second kappa shape index (κ2) is 4.93. The lowest BCUT2D eigenvalue weighted by molar-refractivity contribution is 0.111. The van der Waals surface area contributed by atoms with Crippen molar-refractivity contribution in [1.82, 2.24) is 9.97 Å². The van der Waals surface area contributed by atoms with Gasteiger partial charge in [0.05, 0.1) is 17.8 Å². The zero-order valence-electron chi connectivity index (χ0n) is 9.05. The molecule has 0 amide bonds. The van der Waals surface area contributed by atoms with Crippen LogP contribution >= 0.6 is 11.6 Å². The first-order chi connectivity index (χ1) is 8.24. The van der Waals surface area contributed by atoms with Gasteiger partial charge in [-0.2, -0.15) is 0 Å². The fraction of sp³-hybridized carbons (Fsp3) is 0.0833. The molecule has 0 radical (unpaired) electrons. The van der Waals surface area contributed by atoms with E-state index in [9.17, 15) is 4.79 Å². The molecule has 0 N–H and O–H groups in total. The second-order valence-corrected chi connectivity index (χ2v) is 3.70. The summed E-state index contributed by atoms with van der Waals surface area (Å²) in [6.45, 7) is 0. The third kappa shape index (κ3) is 2.42. The number of aromatic nitrogens is 2. The average Bonchev–Trinajstić information content (AvgIpc) is 2.38. The van der Waals surface area contributed by atoms with Gasteiger partial charge in [-0.3, -0.25) is 4.79 Å². The molecule has 2 aromatic rings. The van der Waals surface area contributed by atoms with Gasteiger partial charge in [0.15, 0.2) is 6.29 Å². The molecule has 86 valence electrons. The molecule has 0 fully saturated rings. The molecule has 1 aromatic carbocycles. The highest BCUT2D eigenvalue weighted by atomic mass is 35.5. The number of hydrogen-bond donors (Lipinski definition) is 0. The lowest BCUT2D eigenvalue weighted by atomic mass is 10.1. The fourth-order valence-corrected chi connectivity index (χ4v) is 1.68. The zero-order chi connectivity index (χ0) is 12.3. The number of nitrogens with zero attached hydrogens (tertiary/aromatic N) is 2. The van der Waals surface area contributed by atoms with Gasteiger partial charge < -0.3 is 4.74 Å². The van der Waals surface area contributed by atoms with Gasteiger partial charge in [0, 0.05) is 5.56 Å². The molecule has 0 atom stereocenters. The minimum Gasteiger partial charge on any atom is -0.497 e. The van der Waals surface area contributed by atoms with Gasteiger partial charge in [0.25, 0.3) is 0 Å². The van der Waals surface area contributed by atoms with Crippen molar-refractivity contribution < 1.29 is 9.53 Å². The highest BCUT2D eigenvalue weighted by Gasteiger charge is 2.07. The third-order valence-corrected chi connectivity index (χ3v) is 2.57. The molecule has 2 rings (SSSR count). The summed E-state index contributed by atoms with van der Waals surface area (Å²) in [5.41, 5.74) is 1.66. The monoisotopic (exact) mass is 248 g/mol. The second-order valence-electron chi connectivity index (χ2n) is 3.29. The molecule has 0 saturated heterocycles. The van der Waals surface area contributed by atoms with Gasteiger partial charge >= 0.3 is 0 Å². The Balaban J connectivity index is 2.48. The number of hydrogen-bond acceptors (Lipinski definition) is 4. The molecule has 0 saturated carbocycles. The molecule has 1 heterocycles. The predicted molar refractivity (Wildman–Crippen MR) is 64.4 cm³/mol. The van der Waals surface area contributed by atoms with Crippen LogP contribution in [0.4, 0.5) is 0 Å². The first-order valence-electron chi connectivity index (χ1n) is 4.85. The van der Waals surface area contributed by atoms with Crippen LogP contribution in [0.25, 0.3) is 11.3 Å². The number of carbonyl (C=O) groups is 1. The van der Waals surface area contributed by atoms with Crippen molar-refractivity contribution in [2.24, 2.45) is 0 Å². The van der Waals surface area contributed by atoms with Gasteiger partial charge in [-0.05, 0) is 24.3 Å². The van der Waals surface area contributed by atoms with Crippen LogP contribution in [-0.4, -0.2) is 23.4 Å². The lowest BCUT2D eigenvalue weighted by Crippen LogP contribution is -1.92. The Morgan fingerprint density at radius 1 is 1.29 bits per heavy atom. The largest absolute Gasteiger partial charge is 0.497 e. The number of carbonyl (C=O) groups excluding carboxylic acids is 1. The van der Waals surface area contributed by atoms with Gasteiger partial charge in [-0.15, -0.1) is 0 Å². The van der Waals surface area contributed by atoms with Crippen molar-refractivity contribution in [3.8, 4) is 17.0 Å². The van der Waals surface area contributed by atoms with Crippen LogP contribution in [0.3, 0.4) is 0 Å². The number of benzene rings is 1. The molecule has 0 spiro atoms. The molecule has 1 aromatic heterocycles. The predicted octanol–water partition coefficient (Wildman–Crippen LogP) is 2.62. The van der Waals surface area contributed by atoms with E-state index in [0.717, 1.165) is 5.56 Å². The van der Waals surface area contributed by atoms with E-state index in [1.54, 1.807) is 31.4 Å². The van der Waals surface area contributed by atoms with Crippen LogP contribution in [-0.2, 0) is 0 Å². The summed E-state index contributed by atoms with van der Waals surface area (Å²) in [7, 11) is 1.57. The number of methoxy groups -OCH3 is 1. The molecule has 0 aliphatic carbocycles. The molecular formula is C12H9ClN2O2. The Morgan fingerprint density at radius 3 is 2.76 bits per heavy atom. The standard InChI is InChI=1S/C12H9ClN2O2/c1-17-9-2-3-10(11(13)5-9)12-4-8(6-16)14-7-15-12/h2-7H,1H3. The molecule has 0 aliphatic heterocycles. The molecule has 0 bridgehead atoms. The smallest absolute Gasteiger partial charge is 0.168 e. The summed E-state index contributed by atoms with van der Waals surface area (Å²) in [5.74, 6) is 0.670. The van der Waals surface area contributed by atoms with E-state index in [1.807, 2.05) is 0 Å². The maximum Gasteiger partial charge on any atom is 0.168 e. The topological polar surface area (TPSA) is 52.1 Å². The quantitative estimate of drug-likeness (QED) is 0.784. The van der Waals surface area contributed by atoms with Crippen LogP contribution in [0.1, 0.15) is 10.5 Å². The van der Waals surface area contributed by atoms with E-state index in [0.29, 0.717) is 28.4 Å². The van der Waals surface area contributed by atoms with E-state index in [2.05, 4.69) is 9.97 Å². The van der Waals surface area contributed by atoms with Crippen molar-refractivity contribution in [3.05, 3.63) is 41.3 Å².